The third-order valence-electron chi connectivity index (χ3n) is 4.04. The van der Waals surface area contributed by atoms with Crippen molar-refractivity contribution in [2.45, 2.75) is 33.2 Å². The smallest absolute Gasteiger partial charge is 0.287 e. The molecule has 0 aliphatic heterocycles. The van der Waals surface area contributed by atoms with Gasteiger partial charge in [0.2, 0.25) is 0 Å². The number of para-hydroxylation sites is 1. The van der Waals surface area contributed by atoms with Crippen LogP contribution in [0.3, 0.4) is 0 Å². The van der Waals surface area contributed by atoms with Gasteiger partial charge in [0, 0.05) is 17.5 Å². The van der Waals surface area contributed by atoms with Gasteiger partial charge in [0.25, 0.3) is 11.5 Å². The molecule has 0 saturated heterocycles. The van der Waals surface area contributed by atoms with Crippen LogP contribution in [-0.4, -0.2) is 16.1 Å². The molecule has 6 heteroatoms. The van der Waals surface area contributed by atoms with Crippen molar-refractivity contribution < 1.29 is 9.21 Å². The molecule has 124 valence electrons. The molecular formula is C18H19N3O3. The summed E-state index contributed by atoms with van der Waals surface area (Å²) in [5.74, 6) is -0.113. The topological polar surface area (TPSA) is 88.0 Å². The summed E-state index contributed by atoms with van der Waals surface area (Å²) in [5, 5.41) is 10.2. The van der Waals surface area contributed by atoms with Crippen LogP contribution in [0.4, 0.5) is 0 Å². The van der Waals surface area contributed by atoms with Crippen molar-refractivity contribution in [1.29, 1.82) is 0 Å². The summed E-state index contributed by atoms with van der Waals surface area (Å²) in [7, 11) is 0. The molecule has 3 rings (SSSR count). The fourth-order valence-electron chi connectivity index (χ4n) is 2.81. The third-order valence-corrected chi connectivity index (χ3v) is 4.04. The first kappa shape index (κ1) is 16.0. The van der Waals surface area contributed by atoms with Crippen LogP contribution in [0.5, 0.6) is 0 Å². The van der Waals surface area contributed by atoms with Crippen LogP contribution in [0, 0.1) is 0 Å². The number of furan rings is 1. The highest BCUT2D eigenvalue weighted by molar-refractivity contribution is 5.96. The van der Waals surface area contributed by atoms with Gasteiger partial charge in [0.15, 0.2) is 5.76 Å². The zero-order chi connectivity index (χ0) is 17.1. The number of nitrogens with zero attached hydrogens (tertiary/aromatic N) is 1. The van der Waals surface area contributed by atoms with Crippen LogP contribution in [0.2, 0.25) is 0 Å². The number of aromatic amines is 1. The largest absolute Gasteiger partial charge is 0.451 e. The predicted octanol–water partition coefficient (Wildman–Crippen LogP) is 2.57. The lowest BCUT2D eigenvalue weighted by atomic mass is 10.0. The van der Waals surface area contributed by atoms with Gasteiger partial charge in [-0.1, -0.05) is 32.0 Å². The van der Waals surface area contributed by atoms with Crippen LogP contribution in [0.25, 0.3) is 11.0 Å². The molecule has 24 heavy (non-hydrogen) atoms. The van der Waals surface area contributed by atoms with Crippen molar-refractivity contribution in [1.82, 2.24) is 15.5 Å². The van der Waals surface area contributed by atoms with E-state index in [4.69, 9.17) is 4.42 Å². The summed E-state index contributed by atoms with van der Waals surface area (Å²) in [6.45, 7) is 4.10. The molecule has 0 unspecified atom stereocenters. The first-order valence-electron chi connectivity index (χ1n) is 8.00. The maximum atomic E-state index is 12.3. The molecule has 0 radical (unpaired) electrons. The summed E-state index contributed by atoms with van der Waals surface area (Å²) in [4.78, 5) is 24.4. The number of carbonyl (C=O) groups is 1. The fourth-order valence-corrected chi connectivity index (χ4v) is 2.81. The number of aryl methyl sites for hydroxylation is 1. The Labute approximate surface area is 138 Å². The standard InChI is InChI=1S/C18H19N3O3/c1-3-12-13(17(22)21-20-14(12)4-2)10-19-18(23)16-9-11-7-5-6-8-15(11)24-16/h5-9H,3-4,10H2,1-2H3,(H,19,23)(H,21,22). The number of benzene rings is 1. The minimum Gasteiger partial charge on any atom is -0.451 e. The molecule has 1 amide bonds. The Morgan fingerprint density at radius 2 is 2.00 bits per heavy atom. The minimum absolute atomic E-state index is 0.143. The molecule has 6 nitrogen and oxygen atoms in total. The van der Waals surface area contributed by atoms with E-state index in [1.165, 1.54) is 0 Å². The van der Waals surface area contributed by atoms with Crippen molar-refractivity contribution >= 4 is 16.9 Å². The lowest BCUT2D eigenvalue weighted by Crippen LogP contribution is -2.29. The van der Waals surface area contributed by atoms with E-state index in [2.05, 4.69) is 15.5 Å². The number of hydrogen-bond acceptors (Lipinski definition) is 4. The van der Waals surface area contributed by atoms with Gasteiger partial charge in [-0.3, -0.25) is 9.59 Å². The highest BCUT2D eigenvalue weighted by Gasteiger charge is 2.15. The lowest BCUT2D eigenvalue weighted by Gasteiger charge is -2.10. The van der Waals surface area contributed by atoms with Crippen LogP contribution >= 0.6 is 0 Å². The Morgan fingerprint density at radius 3 is 2.71 bits per heavy atom. The van der Waals surface area contributed by atoms with Gasteiger partial charge in [-0.05, 0) is 30.5 Å². The minimum atomic E-state index is -0.345. The second-order valence-corrected chi connectivity index (χ2v) is 5.49. The number of amides is 1. The number of hydrogen-bond donors (Lipinski definition) is 2. The zero-order valence-corrected chi connectivity index (χ0v) is 13.7. The highest BCUT2D eigenvalue weighted by atomic mass is 16.3. The molecule has 0 aliphatic carbocycles. The number of rotatable bonds is 5. The summed E-state index contributed by atoms with van der Waals surface area (Å²) in [6.07, 6.45) is 1.42. The van der Waals surface area contributed by atoms with Gasteiger partial charge in [0.05, 0.1) is 5.69 Å². The van der Waals surface area contributed by atoms with E-state index in [1.54, 1.807) is 6.07 Å². The second kappa shape index (κ2) is 6.70. The zero-order valence-electron chi connectivity index (χ0n) is 13.7. The number of aromatic nitrogens is 2. The van der Waals surface area contributed by atoms with E-state index in [0.29, 0.717) is 17.6 Å². The average Bonchev–Trinajstić information content (AvgIpc) is 3.04. The molecule has 0 aliphatic rings. The van der Waals surface area contributed by atoms with E-state index >= 15 is 0 Å². The highest BCUT2D eigenvalue weighted by Crippen LogP contribution is 2.18. The molecule has 0 bridgehead atoms. The van der Waals surface area contributed by atoms with Gasteiger partial charge >= 0.3 is 0 Å². The van der Waals surface area contributed by atoms with Crippen molar-refractivity contribution in [2.75, 3.05) is 0 Å². The van der Waals surface area contributed by atoms with Crippen LogP contribution in [-0.2, 0) is 19.4 Å². The van der Waals surface area contributed by atoms with Crippen LogP contribution in [0.15, 0.2) is 39.5 Å². The van der Waals surface area contributed by atoms with Gasteiger partial charge in [-0.2, -0.15) is 5.10 Å². The summed E-state index contributed by atoms with van der Waals surface area (Å²) in [5.41, 5.74) is 2.69. The van der Waals surface area contributed by atoms with E-state index in [1.807, 2.05) is 38.1 Å². The third kappa shape index (κ3) is 2.95. The molecule has 0 atom stereocenters. The number of H-pyrrole nitrogens is 1. The van der Waals surface area contributed by atoms with Gasteiger partial charge in [0.1, 0.15) is 5.58 Å². The van der Waals surface area contributed by atoms with E-state index in [0.717, 1.165) is 23.1 Å². The Bertz CT molecular complexity index is 907. The first-order valence-corrected chi connectivity index (χ1v) is 8.00. The quantitative estimate of drug-likeness (QED) is 0.754. The Kier molecular flexibility index (Phi) is 4.46. The van der Waals surface area contributed by atoms with E-state index < -0.39 is 0 Å². The van der Waals surface area contributed by atoms with Crippen molar-refractivity contribution in [2.24, 2.45) is 0 Å². The Morgan fingerprint density at radius 1 is 1.21 bits per heavy atom. The molecular weight excluding hydrogens is 306 g/mol. The SMILES string of the molecule is CCc1n[nH]c(=O)c(CNC(=O)c2cc3ccccc3o2)c1CC. The van der Waals surface area contributed by atoms with Crippen LogP contribution < -0.4 is 10.9 Å². The molecule has 0 spiro atoms. The summed E-state index contributed by atoms with van der Waals surface area (Å²) >= 11 is 0. The summed E-state index contributed by atoms with van der Waals surface area (Å²) < 4.78 is 5.54. The van der Waals surface area contributed by atoms with E-state index in [-0.39, 0.29) is 23.8 Å². The van der Waals surface area contributed by atoms with Gasteiger partial charge < -0.3 is 9.73 Å². The normalized spacial score (nSPS) is 10.9. The maximum absolute atomic E-state index is 12.3. The van der Waals surface area contributed by atoms with Gasteiger partial charge in [-0.25, -0.2) is 5.10 Å². The molecule has 1 aromatic carbocycles. The second-order valence-electron chi connectivity index (χ2n) is 5.49. The van der Waals surface area contributed by atoms with Crippen LogP contribution in [0.1, 0.15) is 41.2 Å². The first-order chi connectivity index (χ1) is 11.6. The summed E-state index contributed by atoms with van der Waals surface area (Å²) in [6, 6.07) is 9.12. The maximum Gasteiger partial charge on any atom is 0.287 e. The number of carbonyl (C=O) groups excluding carboxylic acids is 1. The molecule has 2 N–H and O–H groups in total. The Balaban J connectivity index is 1.83. The molecule has 2 heterocycles. The monoisotopic (exact) mass is 325 g/mol. The molecule has 0 saturated carbocycles. The number of fused-ring (bicyclic) bond motifs is 1. The fraction of sp³-hybridized carbons (Fsp3) is 0.278. The molecule has 0 fully saturated rings. The predicted molar refractivity (Wildman–Crippen MR) is 91.0 cm³/mol. The van der Waals surface area contributed by atoms with Crippen molar-refractivity contribution in [3.05, 3.63) is 63.3 Å². The van der Waals surface area contributed by atoms with E-state index in [9.17, 15) is 9.59 Å². The van der Waals surface area contributed by atoms with Crippen molar-refractivity contribution in [3.8, 4) is 0 Å². The van der Waals surface area contributed by atoms with Gasteiger partial charge in [-0.15, -0.1) is 0 Å². The molecule has 2 aromatic heterocycles. The van der Waals surface area contributed by atoms with Crippen molar-refractivity contribution in [3.63, 3.8) is 0 Å². The molecule has 3 aromatic rings. The lowest BCUT2D eigenvalue weighted by molar-refractivity contribution is 0.0925. The average molecular weight is 325 g/mol. The number of nitrogens with one attached hydrogen (secondary N) is 2. The Hall–Kier alpha value is -2.89.